The van der Waals surface area contributed by atoms with Gasteiger partial charge in [0.15, 0.2) is 6.10 Å². The van der Waals surface area contributed by atoms with Crippen molar-refractivity contribution in [2.45, 2.75) is 431 Å². The van der Waals surface area contributed by atoms with Crippen LogP contribution in [0.1, 0.15) is 425 Å². The highest BCUT2D eigenvalue weighted by Gasteiger charge is 2.27. The molecule has 100 heavy (non-hydrogen) atoms. The third-order valence-corrected chi connectivity index (χ3v) is 20.4. The average molecular weight is 1420 g/mol. The monoisotopic (exact) mass is 1420 g/mol. The molecule has 0 aliphatic heterocycles. The predicted molar refractivity (Wildman–Crippen MR) is 436 cm³/mol. The molecule has 0 bridgehead atoms. The molecule has 0 aromatic heterocycles. The fourth-order valence-electron chi connectivity index (χ4n) is 12.9. The molecule has 2 unspecified atom stereocenters. The number of unbranched alkanes of at least 4 members (excludes halogenated alkanes) is 53. The van der Waals surface area contributed by atoms with E-state index in [0.717, 1.165) is 77.0 Å². The molecule has 0 spiro atoms. The van der Waals surface area contributed by atoms with Crippen molar-refractivity contribution in [2.24, 2.45) is 0 Å². The Labute approximate surface area is 621 Å². The summed E-state index contributed by atoms with van der Waals surface area (Å²) < 4.78 is 34.9. The van der Waals surface area contributed by atoms with Gasteiger partial charge in [-0.2, -0.15) is 0 Å². The fourth-order valence-corrected chi connectivity index (χ4v) is 13.6. The number of hydrogen-bond acceptors (Lipinski definition) is 7. The van der Waals surface area contributed by atoms with Crippen molar-refractivity contribution in [1.29, 1.82) is 0 Å². The Morgan fingerprint density at radius 1 is 0.320 bits per heavy atom. The molecular weight excluding hydrogens is 1250 g/mol. The van der Waals surface area contributed by atoms with E-state index in [9.17, 15) is 19.0 Å². The lowest BCUT2D eigenvalue weighted by molar-refractivity contribution is -0.870. The summed E-state index contributed by atoms with van der Waals surface area (Å²) in [7, 11) is 1.49. The Hall–Kier alpha value is -2.81. The average Bonchev–Trinajstić information content (AvgIpc) is 1.02. The van der Waals surface area contributed by atoms with Crippen molar-refractivity contribution in [1.82, 2.24) is 0 Å². The number of nitrogens with zero attached hydrogens (tertiary/aromatic N) is 1. The number of esters is 2. The van der Waals surface area contributed by atoms with Gasteiger partial charge in [-0.1, -0.05) is 426 Å². The Morgan fingerprint density at radius 3 is 0.850 bits per heavy atom. The zero-order chi connectivity index (χ0) is 72.5. The molecule has 0 rings (SSSR count). The predicted octanol–water partition coefficient (Wildman–Crippen LogP) is 29.2. The van der Waals surface area contributed by atoms with Crippen LogP contribution in [0.2, 0.25) is 0 Å². The van der Waals surface area contributed by atoms with Crippen molar-refractivity contribution >= 4 is 19.8 Å². The number of ether oxygens (including phenoxy) is 2. The summed E-state index contributed by atoms with van der Waals surface area (Å²) in [5.74, 6) is -0.778. The van der Waals surface area contributed by atoms with E-state index in [2.05, 4.69) is 98.9 Å². The number of allylic oxidation sites excluding steroid dienone is 14. The standard InChI is InChI=1S/C90H166NO8P/c1-6-8-10-12-14-16-18-20-22-24-26-28-30-32-34-36-38-40-42-44-45-47-48-50-52-54-56-58-60-62-64-66-68-70-72-74-76-78-80-82-89(92)96-86-88(87-98-100(94,95)97-85-84-91(3,4)5)99-90(93)83-81-79-77-75-73-71-69-67-65-63-61-59-57-55-53-51-49-46-43-41-39-37-35-33-31-29-27-25-23-21-19-17-15-13-11-9-7-2/h9,11,15,17,21,23,27,29,33,35,39,41,46,49,88H,6-8,10,12-14,16,18-20,22,24-26,28,30-32,34,36-38,40,42-45,47-48,50-87H2,1-5H3/p+1/b11-9-,17-15-,23-21-,29-27-,35-33-,41-39-,49-46-. The van der Waals surface area contributed by atoms with Crippen molar-refractivity contribution in [3.05, 3.63) is 85.1 Å². The minimum Gasteiger partial charge on any atom is -0.462 e. The highest BCUT2D eigenvalue weighted by molar-refractivity contribution is 7.47. The maximum absolute atomic E-state index is 12.9. The van der Waals surface area contributed by atoms with Crippen LogP contribution < -0.4 is 0 Å². The number of phosphoric ester groups is 1. The molecule has 10 heteroatoms. The molecule has 0 aromatic carbocycles. The lowest BCUT2D eigenvalue weighted by Crippen LogP contribution is -2.37. The van der Waals surface area contributed by atoms with E-state index in [1.807, 2.05) is 21.1 Å². The Balaban J connectivity index is 3.89. The minimum atomic E-state index is -4.40. The molecule has 1 N–H and O–H groups in total. The number of carbonyl (C=O) groups excluding carboxylic acids is 2. The van der Waals surface area contributed by atoms with E-state index in [0.29, 0.717) is 23.9 Å². The van der Waals surface area contributed by atoms with Gasteiger partial charge in [0.1, 0.15) is 19.8 Å². The first-order valence-corrected chi connectivity index (χ1v) is 44.8. The van der Waals surface area contributed by atoms with Crippen LogP contribution >= 0.6 is 7.82 Å². The van der Waals surface area contributed by atoms with Gasteiger partial charge in [-0.05, 0) is 70.6 Å². The highest BCUT2D eigenvalue weighted by Crippen LogP contribution is 2.43. The molecule has 0 amide bonds. The number of carbonyl (C=O) groups is 2. The van der Waals surface area contributed by atoms with Crippen molar-refractivity contribution in [2.75, 3.05) is 47.5 Å². The van der Waals surface area contributed by atoms with Crippen LogP contribution in [0.15, 0.2) is 85.1 Å². The topological polar surface area (TPSA) is 108 Å². The van der Waals surface area contributed by atoms with Crippen LogP contribution in [0.25, 0.3) is 0 Å². The molecule has 584 valence electrons. The van der Waals surface area contributed by atoms with Crippen LogP contribution in [0.5, 0.6) is 0 Å². The van der Waals surface area contributed by atoms with Crippen LogP contribution in [-0.2, 0) is 32.7 Å². The number of rotatable bonds is 81. The van der Waals surface area contributed by atoms with Crippen molar-refractivity contribution < 1.29 is 42.1 Å². The highest BCUT2D eigenvalue weighted by atomic mass is 31.2. The molecule has 0 aromatic rings. The Morgan fingerprint density at radius 2 is 0.570 bits per heavy atom. The van der Waals surface area contributed by atoms with Gasteiger partial charge < -0.3 is 18.9 Å². The molecule has 0 fully saturated rings. The number of likely N-dealkylation sites (N-methyl/N-ethyl adjacent to an activating group) is 1. The summed E-state index contributed by atoms with van der Waals surface area (Å²) in [5.41, 5.74) is 0. The van der Waals surface area contributed by atoms with Gasteiger partial charge in [0.25, 0.3) is 0 Å². The van der Waals surface area contributed by atoms with Gasteiger partial charge in [-0.25, -0.2) is 4.57 Å². The van der Waals surface area contributed by atoms with Gasteiger partial charge >= 0.3 is 19.8 Å². The maximum Gasteiger partial charge on any atom is 0.472 e. The lowest BCUT2D eigenvalue weighted by atomic mass is 10.0. The maximum atomic E-state index is 12.9. The minimum absolute atomic E-state index is 0.0319. The third kappa shape index (κ3) is 84.1. The first kappa shape index (κ1) is 97.2. The molecule has 0 aliphatic carbocycles. The van der Waals surface area contributed by atoms with E-state index < -0.39 is 26.5 Å². The molecule has 0 aliphatic rings. The third-order valence-electron chi connectivity index (χ3n) is 19.4. The van der Waals surface area contributed by atoms with E-state index in [4.69, 9.17) is 18.5 Å². The zero-order valence-electron chi connectivity index (χ0n) is 66.9. The summed E-state index contributed by atoms with van der Waals surface area (Å²) in [4.78, 5) is 36.0. The summed E-state index contributed by atoms with van der Waals surface area (Å²) in [6.45, 7) is 4.39. The zero-order valence-corrected chi connectivity index (χ0v) is 67.8. The van der Waals surface area contributed by atoms with Crippen LogP contribution in [0.4, 0.5) is 0 Å². The number of phosphoric acid groups is 1. The van der Waals surface area contributed by atoms with E-state index in [1.54, 1.807) is 0 Å². The molecule has 0 saturated carbocycles. The second kappa shape index (κ2) is 80.3. The first-order valence-electron chi connectivity index (χ1n) is 43.3. The second-order valence-corrected chi connectivity index (χ2v) is 32.0. The molecule has 0 saturated heterocycles. The second-order valence-electron chi connectivity index (χ2n) is 30.6. The lowest BCUT2D eigenvalue weighted by Gasteiger charge is -2.24. The molecule has 0 heterocycles. The first-order chi connectivity index (χ1) is 49.0. The SMILES string of the molecule is CC/C=C\C/C=C\C/C=C\C/C=C\C/C=C\C/C=C\C/C=C\CCCCCCCCCCCCCCCCCC(=O)OC(COC(=O)CCCCCCCCCCCCCCCCCCCCCCCCCCCCCCCCCCCCCCCCC)COP(=O)(O)OCC[N+](C)(C)C. The summed E-state index contributed by atoms with van der Waals surface area (Å²) >= 11 is 0. The molecular formula is C90H167NO8P+. The number of hydrogen-bond donors (Lipinski definition) is 1. The Kier molecular flexibility index (Phi) is 78.0. The van der Waals surface area contributed by atoms with Crippen molar-refractivity contribution in [3.63, 3.8) is 0 Å². The van der Waals surface area contributed by atoms with Gasteiger partial charge in [0.05, 0.1) is 27.7 Å². The smallest absolute Gasteiger partial charge is 0.462 e. The number of quaternary nitrogens is 1. The molecule has 2 atom stereocenters. The summed E-state index contributed by atoms with van der Waals surface area (Å²) in [5, 5.41) is 0. The van der Waals surface area contributed by atoms with Crippen molar-refractivity contribution in [3.8, 4) is 0 Å². The van der Waals surface area contributed by atoms with Gasteiger partial charge in [0, 0.05) is 12.8 Å². The van der Waals surface area contributed by atoms with Crippen LogP contribution in [0, 0.1) is 0 Å². The Bertz CT molecular complexity index is 1970. The summed E-state index contributed by atoms with van der Waals surface area (Å²) in [6, 6.07) is 0. The normalized spacial score (nSPS) is 13.4. The van der Waals surface area contributed by atoms with E-state index in [1.165, 1.54) is 315 Å². The van der Waals surface area contributed by atoms with Gasteiger partial charge in [0.2, 0.25) is 0 Å². The fraction of sp³-hybridized carbons (Fsp3) is 0.822. The summed E-state index contributed by atoms with van der Waals surface area (Å²) in [6.07, 6.45) is 112. The van der Waals surface area contributed by atoms with Crippen LogP contribution in [0.3, 0.4) is 0 Å². The van der Waals surface area contributed by atoms with Gasteiger partial charge in [-0.3, -0.25) is 18.6 Å². The van der Waals surface area contributed by atoms with E-state index >= 15 is 0 Å². The van der Waals surface area contributed by atoms with Crippen LogP contribution in [-0.4, -0.2) is 74.9 Å². The molecule has 9 nitrogen and oxygen atoms in total. The largest absolute Gasteiger partial charge is 0.472 e. The van der Waals surface area contributed by atoms with Gasteiger partial charge in [-0.15, -0.1) is 0 Å². The molecule has 0 radical (unpaired) electrons. The quantitative estimate of drug-likeness (QED) is 0.0211. The van der Waals surface area contributed by atoms with E-state index in [-0.39, 0.29) is 25.6 Å².